The van der Waals surface area contributed by atoms with E-state index in [0.717, 1.165) is 0 Å². The maximum Gasteiger partial charge on any atom is 0.323 e. The number of anilines is 3. The van der Waals surface area contributed by atoms with Crippen molar-refractivity contribution in [2.45, 2.75) is 0 Å². The van der Waals surface area contributed by atoms with Crippen LogP contribution in [0.15, 0.2) is 66.7 Å². The number of ether oxygens (including phenoxy) is 3. The summed E-state index contributed by atoms with van der Waals surface area (Å²) in [7, 11) is 4.46. The van der Waals surface area contributed by atoms with Gasteiger partial charge in [0.05, 0.1) is 38.4 Å². The van der Waals surface area contributed by atoms with E-state index in [0.29, 0.717) is 39.9 Å². The lowest BCUT2D eigenvalue weighted by Gasteiger charge is -2.17. The number of carbonyl (C=O) groups is 2. The Morgan fingerprint density at radius 2 is 1.13 bits per heavy atom. The molecule has 8 heteroatoms. The number of rotatable bonds is 7. The first-order valence-corrected chi connectivity index (χ1v) is 9.39. The molecule has 3 rings (SSSR count). The van der Waals surface area contributed by atoms with Crippen LogP contribution in [0.2, 0.25) is 0 Å². The van der Waals surface area contributed by atoms with Crippen molar-refractivity contribution in [3.8, 4) is 17.2 Å². The van der Waals surface area contributed by atoms with Gasteiger partial charge < -0.3 is 30.2 Å². The molecule has 0 saturated heterocycles. The maximum atomic E-state index is 12.5. The third kappa shape index (κ3) is 5.24. The molecule has 0 aliphatic carbocycles. The number of para-hydroxylation sites is 2. The smallest absolute Gasteiger partial charge is 0.323 e. The zero-order valence-electron chi connectivity index (χ0n) is 17.4. The topological polar surface area (TPSA) is 97.9 Å². The number of methoxy groups -OCH3 is 3. The molecule has 0 aliphatic heterocycles. The van der Waals surface area contributed by atoms with Gasteiger partial charge in [-0.2, -0.15) is 0 Å². The number of hydrogen-bond acceptors (Lipinski definition) is 5. The molecule has 31 heavy (non-hydrogen) atoms. The Labute approximate surface area is 180 Å². The average molecular weight is 421 g/mol. The third-order valence-electron chi connectivity index (χ3n) is 4.41. The molecule has 8 nitrogen and oxygen atoms in total. The molecule has 0 atom stereocenters. The zero-order chi connectivity index (χ0) is 22.2. The second-order valence-corrected chi connectivity index (χ2v) is 6.35. The van der Waals surface area contributed by atoms with Crippen LogP contribution in [0.3, 0.4) is 0 Å². The van der Waals surface area contributed by atoms with Gasteiger partial charge in [-0.25, -0.2) is 4.79 Å². The molecule has 3 aromatic carbocycles. The Morgan fingerprint density at radius 1 is 0.613 bits per heavy atom. The number of benzene rings is 3. The molecule has 0 spiro atoms. The predicted octanol–water partition coefficient (Wildman–Crippen LogP) is 4.61. The first-order valence-electron chi connectivity index (χ1n) is 9.39. The van der Waals surface area contributed by atoms with E-state index in [1.54, 1.807) is 60.7 Å². The minimum absolute atomic E-state index is 0.296. The number of urea groups is 1. The third-order valence-corrected chi connectivity index (χ3v) is 4.41. The second kappa shape index (κ2) is 10.0. The van der Waals surface area contributed by atoms with Crippen LogP contribution in [0.1, 0.15) is 10.4 Å². The standard InChI is InChI=1S/C23H23N3O5/c1-29-19-12-8-7-11-16(19)25-23(28)26-18-14-20(30-2)17(13-21(18)31-3)24-22(27)15-9-5-4-6-10-15/h4-14H,1-3H3,(H,24,27)(H2,25,26,28). The largest absolute Gasteiger partial charge is 0.495 e. The highest BCUT2D eigenvalue weighted by Crippen LogP contribution is 2.37. The van der Waals surface area contributed by atoms with Gasteiger partial charge in [-0.1, -0.05) is 30.3 Å². The van der Waals surface area contributed by atoms with Crippen molar-refractivity contribution in [1.82, 2.24) is 0 Å². The monoisotopic (exact) mass is 421 g/mol. The summed E-state index contributed by atoms with van der Waals surface area (Å²) in [5.41, 5.74) is 1.79. The van der Waals surface area contributed by atoms with E-state index < -0.39 is 6.03 Å². The van der Waals surface area contributed by atoms with Crippen LogP contribution in [-0.4, -0.2) is 33.3 Å². The molecule has 3 aromatic rings. The normalized spacial score (nSPS) is 10.0. The molecule has 0 bridgehead atoms. The fraction of sp³-hybridized carbons (Fsp3) is 0.130. The highest BCUT2D eigenvalue weighted by atomic mass is 16.5. The summed E-state index contributed by atoms with van der Waals surface area (Å²) in [6, 6.07) is 18.5. The summed E-state index contributed by atoms with van der Waals surface area (Å²) in [6.07, 6.45) is 0. The van der Waals surface area contributed by atoms with Gasteiger partial charge in [-0.15, -0.1) is 0 Å². The van der Waals surface area contributed by atoms with E-state index in [-0.39, 0.29) is 5.91 Å². The van der Waals surface area contributed by atoms with E-state index in [2.05, 4.69) is 16.0 Å². The highest BCUT2D eigenvalue weighted by Gasteiger charge is 2.16. The Bertz CT molecular complexity index is 1070. The summed E-state index contributed by atoms with van der Waals surface area (Å²) in [6.45, 7) is 0. The lowest BCUT2D eigenvalue weighted by molar-refractivity contribution is 0.102. The number of carbonyl (C=O) groups excluding carboxylic acids is 2. The van der Waals surface area contributed by atoms with Gasteiger partial charge in [0, 0.05) is 17.7 Å². The summed E-state index contributed by atoms with van der Waals surface area (Å²) in [4.78, 5) is 25.0. The van der Waals surface area contributed by atoms with Gasteiger partial charge in [0.25, 0.3) is 5.91 Å². The van der Waals surface area contributed by atoms with Crippen LogP contribution in [0.4, 0.5) is 21.9 Å². The van der Waals surface area contributed by atoms with Crippen LogP contribution in [0.5, 0.6) is 17.2 Å². The number of amides is 3. The van der Waals surface area contributed by atoms with Gasteiger partial charge >= 0.3 is 6.03 Å². The first-order chi connectivity index (χ1) is 15.0. The lowest BCUT2D eigenvalue weighted by Crippen LogP contribution is -2.20. The molecule has 0 radical (unpaired) electrons. The molecule has 0 unspecified atom stereocenters. The molecular formula is C23H23N3O5. The molecule has 0 aromatic heterocycles. The van der Waals surface area contributed by atoms with Crippen molar-refractivity contribution < 1.29 is 23.8 Å². The fourth-order valence-corrected chi connectivity index (χ4v) is 2.90. The van der Waals surface area contributed by atoms with Crippen LogP contribution in [0, 0.1) is 0 Å². The maximum absolute atomic E-state index is 12.5. The van der Waals surface area contributed by atoms with Crippen molar-refractivity contribution in [3.63, 3.8) is 0 Å². The molecule has 3 amide bonds. The average Bonchev–Trinajstić information content (AvgIpc) is 2.80. The minimum atomic E-state index is -0.495. The van der Waals surface area contributed by atoms with E-state index in [1.807, 2.05) is 6.07 Å². The summed E-state index contributed by atoms with van der Waals surface area (Å²) >= 11 is 0. The quantitative estimate of drug-likeness (QED) is 0.518. The molecule has 0 fully saturated rings. The van der Waals surface area contributed by atoms with Gasteiger partial charge in [0.2, 0.25) is 0 Å². The summed E-state index contributed by atoms with van der Waals surface area (Å²) in [5, 5.41) is 8.25. The van der Waals surface area contributed by atoms with Gasteiger partial charge in [-0.3, -0.25) is 4.79 Å². The molecule has 0 aliphatic rings. The van der Waals surface area contributed by atoms with E-state index in [1.165, 1.54) is 21.3 Å². The van der Waals surface area contributed by atoms with E-state index >= 15 is 0 Å². The molecule has 160 valence electrons. The summed E-state index contributed by atoms with van der Waals surface area (Å²) < 4.78 is 16.0. The Balaban J connectivity index is 1.81. The number of nitrogens with one attached hydrogen (secondary N) is 3. The molecular weight excluding hydrogens is 398 g/mol. The highest BCUT2D eigenvalue weighted by molar-refractivity contribution is 6.06. The van der Waals surface area contributed by atoms with Crippen molar-refractivity contribution in [2.24, 2.45) is 0 Å². The van der Waals surface area contributed by atoms with Gasteiger partial charge in [0.15, 0.2) is 0 Å². The van der Waals surface area contributed by atoms with E-state index in [4.69, 9.17) is 14.2 Å². The Morgan fingerprint density at radius 3 is 1.74 bits per heavy atom. The molecule has 0 saturated carbocycles. The van der Waals surface area contributed by atoms with Crippen LogP contribution >= 0.6 is 0 Å². The molecule has 3 N–H and O–H groups in total. The van der Waals surface area contributed by atoms with Gasteiger partial charge in [-0.05, 0) is 24.3 Å². The zero-order valence-corrected chi connectivity index (χ0v) is 17.4. The summed E-state index contributed by atoms with van der Waals surface area (Å²) in [5.74, 6) is 0.939. The SMILES string of the molecule is COc1ccccc1NC(=O)Nc1cc(OC)c(NC(=O)c2ccccc2)cc1OC. The lowest BCUT2D eigenvalue weighted by atomic mass is 10.2. The van der Waals surface area contributed by atoms with Gasteiger partial charge in [0.1, 0.15) is 17.2 Å². The Kier molecular flexibility index (Phi) is 6.95. The van der Waals surface area contributed by atoms with Crippen LogP contribution in [0.25, 0.3) is 0 Å². The van der Waals surface area contributed by atoms with Crippen molar-refractivity contribution in [1.29, 1.82) is 0 Å². The molecule has 0 heterocycles. The minimum Gasteiger partial charge on any atom is -0.495 e. The Hall–Kier alpha value is -4.20. The van der Waals surface area contributed by atoms with Crippen molar-refractivity contribution in [2.75, 3.05) is 37.3 Å². The number of hydrogen-bond donors (Lipinski definition) is 3. The van der Waals surface area contributed by atoms with Crippen LogP contribution < -0.4 is 30.2 Å². The van der Waals surface area contributed by atoms with Crippen molar-refractivity contribution in [3.05, 3.63) is 72.3 Å². The van der Waals surface area contributed by atoms with Crippen molar-refractivity contribution >= 4 is 29.0 Å². The predicted molar refractivity (Wildman–Crippen MR) is 120 cm³/mol. The fourth-order valence-electron chi connectivity index (χ4n) is 2.90. The first kappa shape index (κ1) is 21.5. The van der Waals surface area contributed by atoms with E-state index in [9.17, 15) is 9.59 Å². The second-order valence-electron chi connectivity index (χ2n) is 6.35. The van der Waals surface area contributed by atoms with Crippen LogP contribution in [-0.2, 0) is 0 Å².